The number of para-hydroxylation sites is 1. The van der Waals surface area contributed by atoms with Gasteiger partial charge in [0.25, 0.3) is 5.91 Å². The highest BCUT2D eigenvalue weighted by Crippen LogP contribution is 2.31. The van der Waals surface area contributed by atoms with Crippen molar-refractivity contribution in [2.45, 2.75) is 32.6 Å². The van der Waals surface area contributed by atoms with Crippen molar-refractivity contribution in [3.8, 4) is 5.75 Å². The Morgan fingerprint density at radius 1 is 1.17 bits per heavy atom. The van der Waals surface area contributed by atoms with Gasteiger partial charge in [0.15, 0.2) is 0 Å². The molecule has 23 heavy (non-hydrogen) atoms. The van der Waals surface area contributed by atoms with Crippen LogP contribution in [0.5, 0.6) is 5.75 Å². The van der Waals surface area contributed by atoms with E-state index >= 15 is 0 Å². The van der Waals surface area contributed by atoms with E-state index < -0.39 is 0 Å². The van der Waals surface area contributed by atoms with E-state index in [9.17, 15) is 4.79 Å². The largest absolute Gasteiger partial charge is 0.492 e. The van der Waals surface area contributed by atoms with Gasteiger partial charge in [0, 0.05) is 13.1 Å². The van der Waals surface area contributed by atoms with Crippen LogP contribution in [0.1, 0.15) is 43.0 Å². The SMILES string of the molecule is CCNCC1CCN(C(=O)c2ccccc2OCC2CC2)CC1. The lowest BCUT2D eigenvalue weighted by Gasteiger charge is -2.32. The van der Waals surface area contributed by atoms with E-state index in [4.69, 9.17) is 4.74 Å². The van der Waals surface area contributed by atoms with Crippen molar-refractivity contribution in [3.63, 3.8) is 0 Å². The Hall–Kier alpha value is -1.55. The number of nitrogens with zero attached hydrogens (tertiary/aromatic N) is 1. The maximum Gasteiger partial charge on any atom is 0.257 e. The highest BCUT2D eigenvalue weighted by molar-refractivity contribution is 5.97. The van der Waals surface area contributed by atoms with Crippen molar-refractivity contribution < 1.29 is 9.53 Å². The Morgan fingerprint density at radius 2 is 1.91 bits per heavy atom. The topological polar surface area (TPSA) is 41.6 Å². The Kier molecular flexibility index (Phi) is 5.55. The predicted molar refractivity (Wildman–Crippen MR) is 91.8 cm³/mol. The summed E-state index contributed by atoms with van der Waals surface area (Å²) >= 11 is 0. The third-order valence-electron chi connectivity index (χ3n) is 4.87. The highest BCUT2D eigenvalue weighted by atomic mass is 16.5. The monoisotopic (exact) mass is 316 g/mol. The van der Waals surface area contributed by atoms with Gasteiger partial charge in [-0.25, -0.2) is 0 Å². The second-order valence-electron chi connectivity index (χ2n) is 6.79. The first-order chi connectivity index (χ1) is 11.3. The van der Waals surface area contributed by atoms with Gasteiger partial charge < -0.3 is 15.0 Å². The summed E-state index contributed by atoms with van der Waals surface area (Å²) in [5, 5.41) is 3.41. The molecule has 0 radical (unpaired) electrons. The number of rotatable bonds is 7. The summed E-state index contributed by atoms with van der Waals surface area (Å²) < 4.78 is 5.89. The minimum atomic E-state index is 0.123. The van der Waals surface area contributed by atoms with Gasteiger partial charge in [0.1, 0.15) is 5.75 Å². The molecule has 3 rings (SSSR count). The van der Waals surface area contributed by atoms with Crippen molar-refractivity contribution in [1.82, 2.24) is 10.2 Å². The first-order valence-corrected chi connectivity index (χ1v) is 8.99. The Balaban J connectivity index is 1.57. The molecule has 0 unspecified atom stereocenters. The van der Waals surface area contributed by atoms with Gasteiger partial charge in [-0.2, -0.15) is 0 Å². The fourth-order valence-electron chi connectivity index (χ4n) is 3.12. The van der Waals surface area contributed by atoms with Gasteiger partial charge in [0.2, 0.25) is 0 Å². The lowest BCUT2D eigenvalue weighted by atomic mass is 9.96. The number of ether oxygens (including phenoxy) is 1. The first-order valence-electron chi connectivity index (χ1n) is 8.99. The van der Waals surface area contributed by atoms with Crippen LogP contribution in [0.4, 0.5) is 0 Å². The summed E-state index contributed by atoms with van der Waals surface area (Å²) in [6.45, 7) is 6.68. The molecule has 1 saturated carbocycles. The zero-order valence-electron chi connectivity index (χ0n) is 14.1. The summed E-state index contributed by atoms with van der Waals surface area (Å²) in [6.07, 6.45) is 4.69. The van der Waals surface area contributed by atoms with E-state index in [1.54, 1.807) is 0 Å². The molecule has 2 aliphatic rings. The minimum absolute atomic E-state index is 0.123. The summed E-state index contributed by atoms with van der Waals surface area (Å²) in [6, 6.07) is 7.69. The second kappa shape index (κ2) is 7.82. The maximum absolute atomic E-state index is 12.8. The first kappa shape index (κ1) is 16.3. The molecule has 0 aromatic heterocycles. The molecular weight excluding hydrogens is 288 g/mol. The number of nitrogens with one attached hydrogen (secondary N) is 1. The molecule has 0 spiro atoms. The molecule has 1 aromatic rings. The van der Waals surface area contributed by atoms with Gasteiger partial charge in [-0.3, -0.25) is 4.79 Å². The van der Waals surface area contributed by atoms with Crippen LogP contribution in [0.2, 0.25) is 0 Å². The second-order valence-corrected chi connectivity index (χ2v) is 6.79. The number of hydrogen-bond acceptors (Lipinski definition) is 3. The molecule has 126 valence electrons. The van der Waals surface area contributed by atoms with E-state index in [2.05, 4.69) is 12.2 Å². The number of benzene rings is 1. The summed E-state index contributed by atoms with van der Waals surface area (Å²) in [4.78, 5) is 14.8. The third kappa shape index (κ3) is 4.47. The smallest absolute Gasteiger partial charge is 0.257 e. The Labute approximate surface area is 139 Å². The van der Waals surface area contributed by atoms with E-state index in [1.807, 2.05) is 29.2 Å². The number of piperidine rings is 1. The molecule has 0 bridgehead atoms. The Bertz CT molecular complexity index is 520. The molecule has 2 fully saturated rings. The van der Waals surface area contributed by atoms with Crippen LogP contribution >= 0.6 is 0 Å². The molecular formula is C19H28N2O2. The summed E-state index contributed by atoms with van der Waals surface area (Å²) in [5.74, 6) is 2.26. The van der Waals surface area contributed by atoms with Crippen LogP contribution in [0.15, 0.2) is 24.3 Å². The normalized spacial score (nSPS) is 18.9. The quantitative estimate of drug-likeness (QED) is 0.841. The van der Waals surface area contributed by atoms with E-state index in [0.717, 1.165) is 56.9 Å². The van der Waals surface area contributed by atoms with Crippen molar-refractivity contribution in [1.29, 1.82) is 0 Å². The van der Waals surface area contributed by atoms with Crippen molar-refractivity contribution in [3.05, 3.63) is 29.8 Å². The van der Waals surface area contributed by atoms with Gasteiger partial charge in [-0.05, 0) is 62.7 Å². The van der Waals surface area contributed by atoms with Gasteiger partial charge in [0.05, 0.1) is 12.2 Å². The molecule has 1 aliphatic carbocycles. The fourth-order valence-corrected chi connectivity index (χ4v) is 3.12. The highest BCUT2D eigenvalue weighted by Gasteiger charge is 2.26. The lowest BCUT2D eigenvalue weighted by molar-refractivity contribution is 0.0685. The van der Waals surface area contributed by atoms with E-state index in [0.29, 0.717) is 11.8 Å². The number of amides is 1. The standard InChI is InChI=1S/C19H28N2O2/c1-2-20-13-15-9-11-21(12-10-15)19(22)17-5-3-4-6-18(17)23-14-16-7-8-16/h3-6,15-16,20H,2,7-14H2,1H3. The molecule has 1 N–H and O–H groups in total. The van der Waals surface area contributed by atoms with Crippen LogP contribution in [0.3, 0.4) is 0 Å². The summed E-state index contributed by atoms with van der Waals surface area (Å²) in [7, 11) is 0. The summed E-state index contributed by atoms with van der Waals surface area (Å²) in [5.41, 5.74) is 0.721. The molecule has 0 atom stereocenters. The molecule has 4 heteroatoms. The van der Waals surface area contributed by atoms with Crippen molar-refractivity contribution in [2.24, 2.45) is 11.8 Å². The van der Waals surface area contributed by atoms with Crippen molar-refractivity contribution >= 4 is 5.91 Å². The minimum Gasteiger partial charge on any atom is -0.492 e. The lowest BCUT2D eigenvalue weighted by Crippen LogP contribution is -2.40. The predicted octanol–water partition coefficient (Wildman–Crippen LogP) is 2.94. The zero-order chi connectivity index (χ0) is 16.1. The molecule has 1 heterocycles. The number of likely N-dealkylation sites (tertiary alicyclic amines) is 1. The molecule has 1 amide bonds. The zero-order valence-corrected chi connectivity index (χ0v) is 14.1. The van der Waals surface area contributed by atoms with Gasteiger partial charge in [-0.15, -0.1) is 0 Å². The van der Waals surface area contributed by atoms with Gasteiger partial charge in [-0.1, -0.05) is 19.1 Å². The van der Waals surface area contributed by atoms with E-state index in [-0.39, 0.29) is 5.91 Å². The average Bonchev–Trinajstić information content (AvgIpc) is 3.43. The van der Waals surface area contributed by atoms with Crippen LogP contribution in [-0.2, 0) is 0 Å². The maximum atomic E-state index is 12.8. The number of carbonyl (C=O) groups excluding carboxylic acids is 1. The molecule has 1 aliphatic heterocycles. The fraction of sp³-hybridized carbons (Fsp3) is 0.632. The van der Waals surface area contributed by atoms with Gasteiger partial charge >= 0.3 is 0 Å². The average molecular weight is 316 g/mol. The third-order valence-corrected chi connectivity index (χ3v) is 4.87. The van der Waals surface area contributed by atoms with Crippen molar-refractivity contribution in [2.75, 3.05) is 32.8 Å². The molecule has 1 saturated heterocycles. The number of carbonyl (C=O) groups is 1. The van der Waals surface area contributed by atoms with E-state index in [1.165, 1.54) is 12.8 Å². The molecule has 4 nitrogen and oxygen atoms in total. The Morgan fingerprint density at radius 3 is 2.61 bits per heavy atom. The van der Waals surface area contributed by atoms with Crippen LogP contribution in [-0.4, -0.2) is 43.6 Å². The van der Waals surface area contributed by atoms with Crippen LogP contribution < -0.4 is 10.1 Å². The molecule has 1 aromatic carbocycles. The van der Waals surface area contributed by atoms with Crippen LogP contribution in [0.25, 0.3) is 0 Å². The number of hydrogen-bond donors (Lipinski definition) is 1. The van der Waals surface area contributed by atoms with Crippen LogP contribution in [0, 0.1) is 11.8 Å².